The Morgan fingerprint density at radius 2 is 0.846 bits per heavy atom. The lowest BCUT2D eigenvalue weighted by molar-refractivity contribution is -0.247. The zero-order valence-electron chi connectivity index (χ0n) is 7.70. The van der Waals surface area contributed by atoms with Crippen LogP contribution in [0, 0.1) is 0 Å². The first-order valence-corrected chi connectivity index (χ1v) is 4.39. The molecule has 0 unspecified atom stereocenters. The molecule has 2 rings (SSSR count). The first kappa shape index (κ1) is 10.9. The van der Waals surface area contributed by atoms with E-state index in [0.717, 1.165) is 26.1 Å². The van der Waals surface area contributed by atoms with E-state index in [2.05, 4.69) is 14.2 Å². The van der Waals surface area contributed by atoms with Crippen molar-refractivity contribution in [2.75, 3.05) is 40.4 Å². The van der Waals surface area contributed by atoms with Crippen LogP contribution in [0.1, 0.15) is 12.8 Å². The molecule has 2 heterocycles. The maximum atomic E-state index is 4.97. The van der Waals surface area contributed by atoms with Crippen LogP contribution in [0.2, 0.25) is 0 Å². The van der Waals surface area contributed by atoms with E-state index in [9.17, 15) is 0 Å². The highest BCUT2D eigenvalue weighted by atomic mass is 16.8. The maximum Gasteiger partial charge on any atom is 0.152 e. The molecule has 0 aliphatic carbocycles. The van der Waals surface area contributed by atoms with Crippen LogP contribution < -0.4 is 0 Å². The quantitative estimate of drug-likeness (QED) is 0.565. The lowest BCUT2D eigenvalue weighted by atomic mass is 10.3. The summed E-state index contributed by atoms with van der Waals surface area (Å²) in [6, 6.07) is 0. The molecule has 13 heavy (non-hydrogen) atoms. The van der Waals surface area contributed by atoms with Crippen LogP contribution in [0.5, 0.6) is 0 Å². The smallest absolute Gasteiger partial charge is 0.152 e. The Hall–Kier alpha value is -0.200. The van der Waals surface area contributed by atoms with Crippen molar-refractivity contribution in [3.63, 3.8) is 0 Å². The van der Waals surface area contributed by atoms with E-state index < -0.39 is 0 Å². The fourth-order valence-electron chi connectivity index (χ4n) is 0.864. The summed E-state index contributed by atoms with van der Waals surface area (Å²) in [5.74, 6) is 0. The SMILES string of the molecule is C1CCOCOC1.C1OCOCO1. The van der Waals surface area contributed by atoms with Gasteiger partial charge in [0.25, 0.3) is 0 Å². The lowest BCUT2D eigenvalue weighted by Gasteiger charge is -2.10. The number of hydrogen-bond donors (Lipinski definition) is 0. The van der Waals surface area contributed by atoms with Crippen molar-refractivity contribution in [3.8, 4) is 0 Å². The van der Waals surface area contributed by atoms with Gasteiger partial charge in [-0.1, -0.05) is 0 Å². The third kappa shape index (κ3) is 6.92. The third-order valence-electron chi connectivity index (χ3n) is 1.49. The summed E-state index contributed by atoms with van der Waals surface area (Å²) in [4.78, 5) is 0. The summed E-state index contributed by atoms with van der Waals surface area (Å²) >= 11 is 0. The fourth-order valence-corrected chi connectivity index (χ4v) is 0.864. The van der Waals surface area contributed by atoms with Gasteiger partial charge in [-0.15, -0.1) is 0 Å². The average Bonchev–Trinajstić information content (AvgIpc) is 2.53. The predicted molar refractivity (Wildman–Crippen MR) is 43.9 cm³/mol. The molecule has 0 aromatic heterocycles. The second-order valence-corrected chi connectivity index (χ2v) is 2.61. The topological polar surface area (TPSA) is 46.2 Å². The summed E-state index contributed by atoms with van der Waals surface area (Å²) in [6.07, 6.45) is 2.31. The Labute approximate surface area is 77.9 Å². The molecule has 0 saturated carbocycles. The first-order chi connectivity index (χ1) is 6.50. The minimum atomic E-state index is 0.375. The molecule has 2 aliphatic rings. The maximum absolute atomic E-state index is 4.97. The van der Waals surface area contributed by atoms with Gasteiger partial charge < -0.3 is 23.7 Å². The molecule has 0 spiro atoms. The molecule has 0 N–H and O–H groups in total. The molecule has 5 nitrogen and oxygen atoms in total. The Bertz CT molecular complexity index is 73.5. The van der Waals surface area contributed by atoms with Crippen molar-refractivity contribution in [1.82, 2.24) is 0 Å². The first-order valence-electron chi connectivity index (χ1n) is 4.39. The second kappa shape index (κ2) is 8.40. The molecule has 0 radical (unpaired) electrons. The van der Waals surface area contributed by atoms with Gasteiger partial charge in [-0.25, -0.2) is 0 Å². The van der Waals surface area contributed by atoms with Crippen molar-refractivity contribution in [1.29, 1.82) is 0 Å². The second-order valence-electron chi connectivity index (χ2n) is 2.61. The normalized spacial score (nSPS) is 24.0. The van der Waals surface area contributed by atoms with Crippen molar-refractivity contribution in [2.24, 2.45) is 0 Å². The summed E-state index contributed by atoms with van der Waals surface area (Å²) in [6.45, 7) is 3.38. The molecule has 0 aromatic carbocycles. The van der Waals surface area contributed by atoms with Crippen molar-refractivity contribution >= 4 is 0 Å². The summed E-state index contributed by atoms with van der Waals surface area (Å²) in [7, 11) is 0. The monoisotopic (exact) mass is 192 g/mol. The Morgan fingerprint density at radius 1 is 0.462 bits per heavy atom. The highest BCUT2D eigenvalue weighted by Gasteiger charge is 1.94. The lowest BCUT2D eigenvalue weighted by Crippen LogP contribution is -2.14. The Balaban J connectivity index is 0.000000132. The van der Waals surface area contributed by atoms with Crippen LogP contribution >= 0.6 is 0 Å². The molecule has 2 saturated heterocycles. The number of rotatable bonds is 0. The number of ether oxygens (including phenoxy) is 5. The fraction of sp³-hybridized carbons (Fsp3) is 1.00. The summed E-state index contributed by atoms with van der Waals surface area (Å²) in [5, 5.41) is 0. The molecule has 0 atom stereocenters. The van der Waals surface area contributed by atoms with E-state index >= 15 is 0 Å². The van der Waals surface area contributed by atoms with E-state index in [1.54, 1.807) is 0 Å². The zero-order chi connectivity index (χ0) is 9.19. The van der Waals surface area contributed by atoms with Gasteiger partial charge in [0, 0.05) is 13.2 Å². The molecule has 2 aliphatic heterocycles. The standard InChI is InChI=1S/C5H10O2.C3H6O3/c1-2-4-7-5-6-3-1;1-4-2-6-3-5-1/h1-5H2;1-3H2. The van der Waals surface area contributed by atoms with E-state index in [1.165, 1.54) is 0 Å². The number of hydrogen-bond acceptors (Lipinski definition) is 5. The molecule has 2 fully saturated rings. The largest absolute Gasteiger partial charge is 0.355 e. The van der Waals surface area contributed by atoms with E-state index in [4.69, 9.17) is 9.47 Å². The minimum absolute atomic E-state index is 0.375. The third-order valence-corrected chi connectivity index (χ3v) is 1.49. The summed E-state index contributed by atoms with van der Waals surface area (Å²) in [5.41, 5.74) is 0. The minimum Gasteiger partial charge on any atom is -0.355 e. The van der Waals surface area contributed by atoms with Crippen molar-refractivity contribution < 1.29 is 23.7 Å². The van der Waals surface area contributed by atoms with Crippen LogP contribution in [-0.2, 0) is 23.7 Å². The molecule has 5 heteroatoms. The van der Waals surface area contributed by atoms with Gasteiger partial charge in [-0.3, -0.25) is 0 Å². The van der Waals surface area contributed by atoms with Crippen LogP contribution in [0.25, 0.3) is 0 Å². The van der Waals surface area contributed by atoms with Crippen molar-refractivity contribution in [3.05, 3.63) is 0 Å². The van der Waals surface area contributed by atoms with E-state index in [1.807, 2.05) is 0 Å². The Kier molecular flexibility index (Phi) is 7.03. The molecular formula is C8H16O5. The predicted octanol–water partition coefficient (Wildman–Crippen LogP) is 0.693. The molecule has 0 bridgehead atoms. The molecule has 0 amide bonds. The van der Waals surface area contributed by atoms with Gasteiger partial charge in [0.2, 0.25) is 0 Å². The average molecular weight is 192 g/mol. The van der Waals surface area contributed by atoms with Crippen LogP contribution in [-0.4, -0.2) is 40.4 Å². The van der Waals surface area contributed by atoms with Crippen LogP contribution in [0.3, 0.4) is 0 Å². The highest BCUT2D eigenvalue weighted by Crippen LogP contribution is 1.96. The molecule has 78 valence electrons. The summed E-state index contributed by atoms with van der Waals surface area (Å²) < 4.78 is 23.8. The van der Waals surface area contributed by atoms with E-state index in [-0.39, 0.29) is 0 Å². The van der Waals surface area contributed by atoms with Gasteiger partial charge in [0.1, 0.15) is 6.79 Å². The highest BCUT2D eigenvalue weighted by molar-refractivity contribution is 4.38. The van der Waals surface area contributed by atoms with Crippen LogP contribution in [0.15, 0.2) is 0 Å². The van der Waals surface area contributed by atoms with Crippen molar-refractivity contribution in [2.45, 2.75) is 12.8 Å². The van der Waals surface area contributed by atoms with Crippen LogP contribution in [0.4, 0.5) is 0 Å². The van der Waals surface area contributed by atoms with Gasteiger partial charge >= 0.3 is 0 Å². The van der Waals surface area contributed by atoms with Gasteiger partial charge in [-0.2, -0.15) is 0 Å². The molecular weight excluding hydrogens is 176 g/mol. The van der Waals surface area contributed by atoms with Gasteiger partial charge in [0.05, 0.1) is 0 Å². The zero-order valence-corrected chi connectivity index (χ0v) is 7.70. The van der Waals surface area contributed by atoms with Gasteiger partial charge in [0.15, 0.2) is 20.4 Å². The Morgan fingerprint density at radius 3 is 1.23 bits per heavy atom. The van der Waals surface area contributed by atoms with E-state index in [0.29, 0.717) is 27.2 Å². The molecule has 0 aromatic rings. The van der Waals surface area contributed by atoms with Gasteiger partial charge in [-0.05, 0) is 12.8 Å².